The average molecular weight is 356 g/mol. The molecule has 0 spiro atoms. The predicted molar refractivity (Wildman–Crippen MR) is 95.5 cm³/mol. The Kier molecular flexibility index (Phi) is 5.77. The van der Waals surface area contributed by atoms with Gasteiger partial charge in [-0.2, -0.15) is 0 Å². The van der Waals surface area contributed by atoms with Crippen molar-refractivity contribution >= 4 is 17.4 Å². The Hall–Kier alpha value is -2.70. The molecule has 0 aliphatic rings. The summed E-state index contributed by atoms with van der Waals surface area (Å²) in [7, 11) is 0. The van der Waals surface area contributed by atoms with Crippen molar-refractivity contribution < 1.29 is 14.0 Å². The molecule has 0 fully saturated rings. The predicted octanol–water partition coefficient (Wildman–Crippen LogP) is 4.41. The first kappa shape index (κ1) is 17.1. The van der Waals surface area contributed by atoms with E-state index in [-0.39, 0.29) is 18.5 Å². The zero-order chi connectivity index (χ0) is 17.5. The van der Waals surface area contributed by atoms with E-state index in [0.29, 0.717) is 0 Å². The van der Waals surface area contributed by atoms with Crippen LogP contribution in [0.15, 0.2) is 72.1 Å². The molecule has 2 amide bonds. The highest BCUT2D eigenvalue weighted by Crippen LogP contribution is 2.26. The molecule has 0 bridgehead atoms. The van der Waals surface area contributed by atoms with E-state index in [1.807, 2.05) is 47.8 Å². The summed E-state index contributed by atoms with van der Waals surface area (Å²) in [5.74, 6) is -0.315. The zero-order valence-electron chi connectivity index (χ0n) is 13.3. The van der Waals surface area contributed by atoms with E-state index >= 15 is 0 Å². The van der Waals surface area contributed by atoms with Gasteiger partial charge in [0, 0.05) is 4.88 Å². The molecule has 3 rings (SSSR count). The number of urea groups is 1. The molecule has 3 aromatic rings. The summed E-state index contributed by atoms with van der Waals surface area (Å²) < 4.78 is 13.2. The topological polar surface area (TPSA) is 50.4 Å². The number of carbonyl (C=O) groups excluding carboxylic acids is 1. The van der Waals surface area contributed by atoms with Gasteiger partial charge in [-0.15, -0.1) is 11.3 Å². The van der Waals surface area contributed by atoms with Crippen molar-refractivity contribution in [1.29, 1.82) is 0 Å². The Morgan fingerprint density at radius 1 is 1.04 bits per heavy atom. The third-order valence-electron chi connectivity index (χ3n) is 3.55. The Morgan fingerprint density at radius 2 is 1.80 bits per heavy atom. The molecule has 1 unspecified atom stereocenters. The van der Waals surface area contributed by atoms with Crippen molar-refractivity contribution in [2.75, 3.05) is 0 Å². The number of amides is 2. The van der Waals surface area contributed by atoms with E-state index in [0.717, 1.165) is 16.0 Å². The highest BCUT2D eigenvalue weighted by atomic mass is 32.1. The van der Waals surface area contributed by atoms with Gasteiger partial charge in [0.25, 0.3) is 0 Å². The largest absolute Gasteiger partial charge is 0.339 e. The van der Waals surface area contributed by atoms with E-state index in [2.05, 4.69) is 10.8 Å². The molecule has 25 heavy (non-hydrogen) atoms. The summed E-state index contributed by atoms with van der Waals surface area (Å²) in [6.07, 6.45) is 0. The van der Waals surface area contributed by atoms with Gasteiger partial charge in [0.15, 0.2) is 0 Å². The quantitative estimate of drug-likeness (QED) is 0.643. The second kappa shape index (κ2) is 8.41. The van der Waals surface area contributed by atoms with Crippen LogP contribution in [0.3, 0.4) is 0 Å². The van der Waals surface area contributed by atoms with Gasteiger partial charge in [0.05, 0.1) is 12.6 Å². The standard InChI is InChI=1S/C19H17FN2O2S/c20-16-10-8-15(9-11-16)18(17-7-4-12-25-17)21-19(23)22-24-13-14-5-2-1-3-6-14/h1-12,18H,13H2,(H2,21,22,23). The number of halogens is 1. The van der Waals surface area contributed by atoms with Crippen LogP contribution in [0, 0.1) is 5.82 Å². The molecule has 0 aliphatic heterocycles. The Bertz CT molecular complexity index is 792. The molecule has 0 aliphatic carbocycles. The van der Waals surface area contributed by atoms with Gasteiger partial charge in [0.2, 0.25) is 0 Å². The van der Waals surface area contributed by atoms with E-state index in [4.69, 9.17) is 4.84 Å². The van der Waals surface area contributed by atoms with Crippen LogP contribution in [0.1, 0.15) is 22.0 Å². The van der Waals surface area contributed by atoms with Crippen LogP contribution in [0.4, 0.5) is 9.18 Å². The number of hydrogen-bond acceptors (Lipinski definition) is 3. The third kappa shape index (κ3) is 4.89. The molecule has 0 saturated heterocycles. The maximum Gasteiger partial charge on any atom is 0.339 e. The fourth-order valence-electron chi connectivity index (χ4n) is 2.35. The second-order valence-electron chi connectivity index (χ2n) is 5.35. The maximum absolute atomic E-state index is 13.2. The number of carbonyl (C=O) groups is 1. The van der Waals surface area contributed by atoms with Crippen molar-refractivity contribution in [3.63, 3.8) is 0 Å². The molecule has 4 nitrogen and oxygen atoms in total. The molecule has 2 aromatic carbocycles. The minimum absolute atomic E-state index is 0.272. The van der Waals surface area contributed by atoms with Crippen molar-refractivity contribution in [2.24, 2.45) is 0 Å². The minimum Gasteiger partial charge on any atom is -0.325 e. The monoisotopic (exact) mass is 356 g/mol. The van der Waals surface area contributed by atoms with Crippen molar-refractivity contribution in [3.8, 4) is 0 Å². The van der Waals surface area contributed by atoms with E-state index in [1.54, 1.807) is 12.1 Å². The van der Waals surface area contributed by atoms with Crippen LogP contribution >= 0.6 is 11.3 Å². The molecule has 6 heteroatoms. The second-order valence-corrected chi connectivity index (χ2v) is 6.33. The SMILES string of the molecule is O=C(NOCc1ccccc1)NC(c1ccc(F)cc1)c1cccs1. The molecule has 128 valence electrons. The lowest BCUT2D eigenvalue weighted by molar-refractivity contribution is 0.0485. The maximum atomic E-state index is 13.2. The van der Waals surface area contributed by atoms with Gasteiger partial charge >= 0.3 is 6.03 Å². The van der Waals surface area contributed by atoms with Crippen LogP contribution in [0.5, 0.6) is 0 Å². The summed E-state index contributed by atoms with van der Waals surface area (Å²) in [6, 6.07) is 18.6. The van der Waals surface area contributed by atoms with E-state index < -0.39 is 6.03 Å². The molecule has 1 heterocycles. The normalized spacial score (nSPS) is 11.7. The Labute approximate surface area is 149 Å². The highest BCUT2D eigenvalue weighted by molar-refractivity contribution is 7.10. The zero-order valence-corrected chi connectivity index (χ0v) is 14.1. The van der Waals surface area contributed by atoms with E-state index in [9.17, 15) is 9.18 Å². The van der Waals surface area contributed by atoms with Gasteiger partial charge < -0.3 is 5.32 Å². The minimum atomic E-state index is -0.460. The Balaban J connectivity index is 1.62. The summed E-state index contributed by atoms with van der Waals surface area (Å²) in [4.78, 5) is 18.3. The lowest BCUT2D eigenvalue weighted by Gasteiger charge is -2.18. The van der Waals surface area contributed by atoms with Crippen LogP contribution in [0.25, 0.3) is 0 Å². The molecular weight excluding hydrogens is 339 g/mol. The molecule has 0 radical (unpaired) electrons. The fourth-order valence-corrected chi connectivity index (χ4v) is 3.15. The summed E-state index contributed by atoms with van der Waals surface area (Å²) >= 11 is 1.52. The van der Waals surface area contributed by atoms with Gasteiger partial charge in [-0.3, -0.25) is 4.84 Å². The number of hydroxylamine groups is 1. The number of rotatable bonds is 6. The van der Waals surface area contributed by atoms with Gasteiger partial charge in [-0.1, -0.05) is 48.5 Å². The first-order valence-corrected chi connectivity index (χ1v) is 8.61. The first-order valence-electron chi connectivity index (χ1n) is 7.73. The molecule has 1 aromatic heterocycles. The summed E-state index contributed by atoms with van der Waals surface area (Å²) in [6.45, 7) is 0.272. The third-order valence-corrected chi connectivity index (χ3v) is 4.49. The van der Waals surface area contributed by atoms with Crippen LogP contribution in [-0.2, 0) is 11.4 Å². The van der Waals surface area contributed by atoms with E-state index in [1.165, 1.54) is 23.5 Å². The van der Waals surface area contributed by atoms with Crippen molar-refractivity contribution in [3.05, 3.63) is 93.9 Å². The molecule has 1 atom stereocenters. The number of benzene rings is 2. The van der Waals surface area contributed by atoms with Crippen LogP contribution in [0.2, 0.25) is 0 Å². The van der Waals surface area contributed by atoms with Gasteiger partial charge in [-0.05, 0) is 34.7 Å². The molecular formula is C19H17FN2O2S. The molecule has 2 N–H and O–H groups in total. The number of thiophene rings is 1. The van der Waals surface area contributed by atoms with Crippen LogP contribution < -0.4 is 10.8 Å². The average Bonchev–Trinajstić information content (AvgIpc) is 3.16. The summed E-state index contributed by atoms with van der Waals surface area (Å²) in [5, 5.41) is 4.78. The van der Waals surface area contributed by atoms with Gasteiger partial charge in [-0.25, -0.2) is 14.7 Å². The molecule has 0 saturated carbocycles. The fraction of sp³-hybridized carbons (Fsp3) is 0.105. The lowest BCUT2D eigenvalue weighted by Crippen LogP contribution is -2.38. The smallest absolute Gasteiger partial charge is 0.325 e. The van der Waals surface area contributed by atoms with Gasteiger partial charge in [0.1, 0.15) is 5.82 Å². The number of nitrogens with one attached hydrogen (secondary N) is 2. The lowest BCUT2D eigenvalue weighted by atomic mass is 10.1. The Morgan fingerprint density at radius 3 is 2.48 bits per heavy atom. The number of hydrogen-bond donors (Lipinski definition) is 2. The van der Waals surface area contributed by atoms with Crippen molar-refractivity contribution in [1.82, 2.24) is 10.8 Å². The van der Waals surface area contributed by atoms with Crippen LogP contribution in [-0.4, -0.2) is 6.03 Å². The summed E-state index contributed by atoms with van der Waals surface area (Å²) in [5.41, 5.74) is 4.13. The van der Waals surface area contributed by atoms with Crippen molar-refractivity contribution in [2.45, 2.75) is 12.6 Å². The highest BCUT2D eigenvalue weighted by Gasteiger charge is 2.18. The first-order chi connectivity index (χ1) is 12.2.